The van der Waals surface area contributed by atoms with Gasteiger partial charge in [-0.1, -0.05) is 12.1 Å². The van der Waals surface area contributed by atoms with E-state index in [-0.39, 0.29) is 18.3 Å². The standard InChI is InChI=1S/C13H17BIN2O2P/c1-12(2)13(3,4)19-14(18-12)10-5-6-11-9(7-10)8-16-17(11)20-15/h5-8,20H,1-4H3. The van der Waals surface area contributed by atoms with E-state index < -0.39 is 0 Å². The van der Waals surface area contributed by atoms with E-state index in [1.165, 1.54) is 0 Å². The normalized spacial score (nSPS) is 21.4. The highest BCUT2D eigenvalue weighted by Crippen LogP contribution is 2.36. The van der Waals surface area contributed by atoms with Gasteiger partial charge in [-0.2, -0.15) is 5.10 Å². The van der Waals surface area contributed by atoms with Crippen molar-refractivity contribution in [2.24, 2.45) is 0 Å². The average molecular weight is 402 g/mol. The lowest BCUT2D eigenvalue weighted by Crippen LogP contribution is -2.41. The largest absolute Gasteiger partial charge is 0.494 e. The van der Waals surface area contributed by atoms with Crippen LogP contribution in [0.15, 0.2) is 24.4 Å². The van der Waals surface area contributed by atoms with E-state index in [9.17, 15) is 0 Å². The Balaban J connectivity index is 1.96. The summed E-state index contributed by atoms with van der Waals surface area (Å²) in [6.45, 7) is 8.28. The van der Waals surface area contributed by atoms with Crippen molar-refractivity contribution in [1.82, 2.24) is 9.55 Å². The van der Waals surface area contributed by atoms with Crippen LogP contribution in [0.4, 0.5) is 0 Å². The lowest BCUT2D eigenvalue weighted by atomic mass is 9.79. The van der Waals surface area contributed by atoms with Gasteiger partial charge in [0.25, 0.3) is 0 Å². The summed E-state index contributed by atoms with van der Waals surface area (Å²) < 4.78 is 14.2. The zero-order chi connectivity index (χ0) is 14.5. The predicted octanol–water partition coefficient (Wildman–Crippen LogP) is 3.13. The quantitative estimate of drug-likeness (QED) is 0.440. The van der Waals surface area contributed by atoms with Gasteiger partial charge in [-0.3, -0.25) is 0 Å². The number of nitrogens with zero attached hydrogens (tertiary/aromatic N) is 2. The molecule has 2 aromatic rings. The minimum absolute atomic E-state index is 0.305. The molecule has 106 valence electrons. The summed E-state index contributed by atoms with van der Waals surface area (Å²) in [6, 6.07) is 6.27. The molecular weight excluding hydrogens is 385 g/mol. The Morgan fingerprint density at radius 2 is 1.85 bits per heavy atom. The zero-order valence-corrected chi connectivity index (χ0v) is 15.1. The number of fused-ring (bicyclic) bond motifs is 1. The first-order chi connectivity index (χ1) is 9.34. The van der Waals surface area contributed by atoms with Gasteiger partial charge in [0.05, 0.1) is 29.3 Å². The average Bonchev–Trinajstić information content (AvgIpc) is 2.87. The Bertz CT molecular complexity index is 643. The van der Waals surface area contributed by atoms with E-state index >= 15 is 0 Å². The first kappa shape index (κ1) is 14.8. The van der Waals surface area contributed by atoms with Crippen LogP contribution in [0.1, 0.15) is 27.7 Å². The van der Waals surface area contributed by atoms with Crippen molar-refractivity contribution in [2.75, 3.05) is 0 Å². The van der Waals surface area contributed by atoms with E-state index in [2.05, 4.69) is 73.0 Å². The van der Waals surface area contributed by atoms with Crippen LogP contribution < -0.4 is 5.46 Å². The summed E-state index contributed by atoms with van der Waals surface area (Å²) in [5.41, 5.74) is 1.59. The highest BCUT2D eigenvalue weighted by atomic mass is 127. The number of aromatic nitrogens is 2. The minimum atomic E-state index is -0.310. The number of halogens is 1. The predicted molar refractivity (Wildman–Crippen MR) is 93.2 cm³/mol. The molecule has 0 saturated carbocycles. The van der Waals surface area contributed by atoms with Crippen LogP contribution in [-0.4, -0.2) is 27.9 Å². The third-order valence-corrected chi connectivity index (χ3v) is 6.08. The van der Waals surface area contributed by atoms with Crippen LogP contribution in [-0.2, 0) is 9.31 Å². The molecule has 20 heavy (non-hydrogen) atoms. The Hall–Kier alpha value is -0.165. The Morgan fingerprint density at radius 1 is 1.20 bits per heavy atom. The van der Waals surface area contributed by atoms with Crippen LogP contribution in [0.25, 0.3) is 10.9 Å². The van der Waals surface area contributed by atoms with Crippen LogP contribution in [0.5, 0.6) is 0 Å². The van der Waals surface area contributed by atoms with Gasteiger partial charge < -0.3 is 9.31 Å². The fraction of sp³-hybridized carbons (Fsp3) is 0.462. The number of rotatable bonds is 2. The molecule has 1 unspecified atom stereocenters. The van der Waals surface area contributed by atoms with Crippen molar-refractivity contribution < 1.29 is 9.31 Å². The summed E-state index contributed by atoms with van der Waals surface area (Å²) in [6.07, 6.45) is 2.51. The van der Waals surface area contributed by atoms with Gasteiger partial charge in [0.2, 0.25) is 0 Å². The fourth-order valence-corrected chi connectivity index (χ4v) is 3.79. The lowest BCUT2D eigenvalue weighted by Gasteiger charge is -2.32. The molecule has 1 aromatic heterocycles. The molecule has 1 aliphatic rings. The van der Waals surface area contributed by atoms with Crippen molar-refractivity contribution in [3.63, 3.8) is 0 Å². The van der Waals surface area contributed by atoms with Gasteiger partial charge >= 0.3 is 7.12 Å². The third-order valence-electron chi connectivity index (χ3n) is 4.20. The van der Waals surface area contributed by atoms with Crippen LogP contribution >= 0.6 is 28.4 Å². The highest BCUT2D eigenvalue weighted by Gasteiger charge is 2.51. The van der Waals surface area contributed by atoms with Gasteiger partial charge in [0.1, 0.15) is 0 Å². The second kappa shape index (κ2) is 4.94. The van der Waals surface area contributed by atoms with E-state index in [4.69, 9.17) is 9.31 Å². The van der Waals surface area contributed by atoms with Crippen molar-refractivity contribution >= 4 is 51.9 Å². The number of benzene rings is 1. The number of hydrogen-bond acceptors (Lipinski definition) is 3. The lowest BCUT2D eigenvalue weighted by molar-refractivity contribution is 0.00578. The maximum absolute atomic E-state index is 6.08. The summed E-state index contributed by atoms with van der Waals surface area (Å²) in [7, 11) is -0.310. The van der Waals surface area contributed by atoms with Gasteiger partial charge in [-0.05, 0) is 61.3 Å². The van der Waals surface area contributed by atoms with Crippen LogP contribution in [0.3, 0.4) is 0 Å². The van der Waals surface area contributed by atoms with Gasteiger partial charge in [-0.15, -0.1) is 0 Å². The molecule has 4 nitrogen and oxygen atoms in total. The van der Waals surface area contributed by atoms with Gasteiger partial charge in [0.15, 0.2) is 0 Å². The van der Waals surface area contributed by atoms with Crippen molar-refractivity contribution in [2.45, 2.75) is 38.9 Å². The third kappa shape index (κ3) is 2.30. The zero-order valence-electron chi connectivity index (χ0n) is 12.0. The summed E-state index contributed by atoms with van der Waals surface area (Å²) >= 11 is 2.33. The molecule has 1 atom stereocenters. The Labute approximate surface area is 134 Å². The fourth-order valence-electron chi connectivity index (χ4n) is 2.24. The minimum Gasteiger partial charge on any atom is -0.399 e. The molecule has 0 aliphatic carbocycles. The first-order valence-electron chi connectivity index (χ1n) is 6.54. The highest BCUT2D eigenvalue weighted by molar-refractivity contribution is 14.2. The maximum atomic E-state index is 6.08. The molecule has 0 bridgehead atoms. The molecule has 0 radical (unpaired) electrons. The van der Waals surface area contributed by atoms with Gasteiger partial charge in [0, 0.05) is 5.39 Å². The molecule has 1 saturated heterocycles. The molecule has 2 heterocycles. The van der Waals surface area contributed by atoms with E-state index in [1.807, 2.05) is 10.6 Å². The summed E-state index contributed by atoms with van der Waals surface area (Å²) in [4.78, 5) is 0. The topological polar surface area (TPSA) is 36.3 Å². The maximum Gasteiger partial charge on any atom is 0.494 e. The molecule has 3 rings (SSSR count). The molecular formula is C13H17BIN2O2P. The SMILES string of the molecule is CC1(C)OB(c2ccc3c(cnn3PI)c2)OC1(C)C. The summed E-state index contributed by atoms with van der Waals surface area (Å²) in [5.74, 6) is 0. The van der Waals surface area contributed by atoms with Crippen molar-refractivity contribution in [3.05, 3.63) is 24.4 Å². The molecule has 0 N–H and O–H groups in total. The molecule has 7 heteroatoms. The first-order valence-corrected chi connectivity index (χ1v) is 10.6. The van der Waals surface area contributed by atoms with Crippen LogP contribution in [0.2, 0.25) is 0 Å². The Kier molecular flexibility index (Phi) is 3.64. The smallest absolute Gasteiger partial charge is 0.399 e. The number of hydrogen-bond donors (Lipinski definition) is 0. The van der Waals surface area contributed by atoms with Crippen LogP contribution in [0, 0.1) is 0 Å². The molecule has 0 spiro atoms. The van der Waals surface area contributed by atoms with Crippen molar-refractivity contribution in [3.8, 4) is 0 Å². The van der Waals surface area contributed by atoms with E-state index in [1.54, 1.807) is 0 Å². The second-order valence-corrected chi connectivity index (χ2v) is 8.09. The van der Waals surface area contributed by atoms with E-state index in [0.29, 0.717) is 6.37 Å². The second-order valence-electron chi connectivity index (χ2n) is 6.05. The summed E-state index contributed by atoms with van der Waals surface area (Å²) in [5, 5.41) is 5.50. The molecule has 1 aromatic carbocycles. The molecule has 1 fully saturated rings. The van der Waals surface area contributed by atoms with Gasteiger partial charge in [-0.25, -0.2) is 4.45 Å². The monoisotopic (exact) mass is 402 g/mol. The molecule has 1 aliphatic heterocycles. The molecule has 0 amide bonds. The Morgan fingerprint density at radius 3 is 2.45 bits per heavy atom. The van der Waals surface area contributed by atoms with Crippen molar-refractivity contribution in [1.29, 1.82) is 0 Å². The van der Waals surface area contributed by atoms with E-state index in [0.717, 1.165) is 16.4 Å².